The Morgan fingerprint density at radius 1 is 0.939 bits per heavy atom. The number of nitrogens with zero attached hydrogens (tertiary/aromatic N) is 3. The molecule has 0 saturated carbocycles. The maximum atomic E-state index is 14.0. The number of carbonyl (C=O) groups is 3. The first-order chi connectivity index (χ1) is 15.6. The lowest BCUT2D eigenvalue weighted by Crippen LogP contribution is -2.56. The van der Waals surface area contributed by atoms with Crippen LogP contribution in [-0.4, -0.2) is 66.5 Å². The van der Waals surface area contributed by atoms with Gasteiger partial charge in [-0.1, -0.05) is 30.3 Å². The predicted octanol–water partition coefficient (Wildman–Crippen LogP) is 2.48. The number of halogens is 4. The van der Waals surface area contributed by atoms with Crippen LogP contribution in [0.2, 0.25) is 0 Å². The Morgan fingerprint density at radius 3 is 2.12 bits per heavy atom. The molecule has 4 amide bonds. The van der Waals surface area contributed by atoms with Crippen molar-refractivity contribution in [1.29, 1.82) is 0 Å². The zero-order valence-corrected chi connectivity index (χ0v) is 17.3. The van der Waals surface area contributed by atoms with Crippen LogP contribution in [0.5, 0.6) is 0 Å². The van der Waals surface area contributed by atoms with Crippen molar-refractivity contribution in [2.24, 2.45) is 0 Å². The summed E-state index contributed by atoms with van der Waals surface area (Å²) >= 11 is 0. The first-order valence-corrected chi connectivity index (χ1v) is 10.2. The SMILES string of the molecule is O=C(CN1C(=O)NC(c2ccccc2)(C(F)(F)F)C1=O)N1CCN(c2ccc(F)cc2)CC1. The minimum Gasteiger partial charge on any atom is -0.368 e. The van der Waals surface area contributed by atoms with Gasteiger partial charge in [0, 0.05) is 31.9 Å². The van der Waals surface area contributed by atoms with Gasteiger partial charge >= 0.3 is 12.2 Å². The van der Waals surface area contributed by atoms with E-state index in [1.807, 2.05) is 4.90 Å². The van der Waals surface area contributed by atoms with Gasteiger partial charge < -0.3 is 15.1 Å². The summed E-state index contributed by atoms with van der Waals surface area (Å²) in [6.07, 6.45) is -5.11. The quantitative estimate of drug-likeness (QED) is 0.558. The van der Waals surface area contributed by atoms with E-state index < -0.39 is 41.7 Å². The average molecular weight is 464 g/mol. The molecule has 2 aromatic carbocycles. The molecule has 1 unspecified atom stereocenters. The first-order valence-electron chi connectivity index (χ1n) is 10.2. The largest absolute Gasteiger partial charge is 0.425 e. The van der Waals surface area contributed by atoms with E-state index in [0.717, 1.165) is 17.8 Å². The predicted molar refractivity (Wildman–Crippen MR) is 110 cm³/mol. The highest BCUT2D eigenvalue weighted by Gasteiger charge is 2.68. The number of carbonyl (C=O) groups excluding carboxylic acids is 3. The fraction of sp³-hybridized carbons (Fsp3) is 0.318. The van der Waals surface area contributed by atoms with Gasteiger partial charge in [-0.3, -0.25) is 14.5 Å². The van der Waals surface area contributed by atoms with Gasteiger partial charge in [0.05, 0.1) is 0 Å². The lowest BCUT2D eigenvalue weighted by atomic mass is 9.89. The number of nitrogens with one attached hydrogen (secondary N) is 1. The Labute approximate surface area is 186 Å². The number of hydrogen-bond donors (Lipinski definition) is 1. The molecule has 1 N–H and O–H groups in total. The lowest BCUT2D eigenvalue weighted by Gasteiger charge is -2.36. The lowest BCUT2D eigenvalue weighted by molar-refractivity contribution is -0.198. The summed E-state index contributed by atoms with van der Waals surface area (Å²) in [7, 11) is 0. The second-order valence-electron chi connectivity index (χ2n) is 7.78. The summed E-state index contributed by atoms with van der Waals surface area (Å²) in [4.78, 5) is 41.6. The van der Waals surface area contributed by atoms with Crippen LogP contribution in [0.25, 0.3) is 0 Å². The second kappa shape index (κ2) is 8.38. The van der Waals surface area contributed by atoms with Crippen molar-refractivity contribution in [3.05, 3.63) is 66.0 Å². The van der Waals surface area contributed by atoms with E-state index in [9.17, 15) is 31.9 Å². The van der Waals surface area contributed by atoms with E-state index in [1.165, 1.54) is 35.2 Å². The van der Waals surface area contributed by atoms with Crippen LogP contribution in [0.4, 0.5) is 28.0 Å². The van der Waals surface area contributed by atoms with Crippen molar-refractivity contribution in [2.45, 2.75) is 11.7 Å². The highest BCUT2D eigenvalue weighted by atomic mass is 19.4. The summed E-state index contributed by atoms with van der Waals surface area (Å²) in [6.45, 7) is 0.500. The number of hydrogen-bond acceptors (Lipinski definition) is 4. The molecule has 0 aliphatic carbocycles. The molecule has 33 heavy (non-hydrogen) atoms. The topological polar surface area (TPSA) is 73.0 Å². The van der Waals surface area contributed by atoms with Crippen molar-refractivity contribution in [3.63, 3.8) is 0 Å². The molecule has 4 rings (SSSR count). The zero-order valence-electron chi connectivity index (χ0n) is 17.3. The molecule has 2 aliphatic heterocycles. The Morgan fingerprint density at radius 2 is 1.55 bits per heavy atom. The van der Waals surface area contributed by atoms with Crippen LogP contribution in [0.15, 0.2) is 54.6 Å². The third-order valence-corrected chi connectivity index (χ3v) is 5.86. The van der Waals surface area contributed by atoms with Crippen LogP contribution >= 0.6 is 0 Å². The normalized spacial score (nSPS) is 21.4. The van der Waals surface area contributed by atoms with Crippen LogP contribution in [-0.2, 0) is 15.1 Å². The number of anilines is 1. The third-order valence-electron chi connectivity index (χ3n) is 5.86. The highest BCUT2D eigenvalue weighted by Crippen LogP contribution is 2.43. The summed E-state index contributed by atoms with van der Waals surface area (Å²) in [6, 6.07) is 10.9. The van der Waals surface area contributed by atoms with Gasteiger partial charge in [0.15, 0.2) is 0 Å². The molecule has 2 saturated heterocycles. The molecule has 11 heteroatoms. The van der Waals surface area contributed by atoms with E-state index in [2.05, 4.69) is 0 Å². The van der Waals surface area contributed by atoms with Gasteiger partial charge in [-0.2, -0.15) is 13.2 Å². The summed E-state index contributed by atoms with van der Waals surface area (Å²) in [5, 5.41) is 1.77. The van der Waals surface area contributed by atoms with Crippen LogP contribution in [0, 0.1) is 5.82 Å². The molecule has 7 nitrogen and oxygen atoms in total. The number of alkyl halides is 3. The van der Waals surface area contributed by atoms with E-state index in [4.69, 9.17) is 0 Å². The Hall–Kier alpha value is -3.63. The number of benzene rings is 2. The van der Waals surface area contributed by atoms with E-state index >= 15 is 0 Å². The third kappa shape index (κ3) is 3.98. The molecule has 2 fully saturated rings. The van der Waals surface area contributed by atoms with Crippen LogP contribution < -0.4 is 10.2 Å². The van der Waals surface area contributed by atoms with Crippen LogP contribution in [0.3, 0.4) is 0 Å². The van der Waals surface area contributed by atoms with E-state index in [1.54, 1.807) is 17.4 Å². The van der Waals surface area contributed by atoms with Gasteiger partial charge in [0.1, 0.15) is 12.4 Å². The zero-order chi connectivity index (χ0) is 23.8. The number of rotatable bonds is 4. The van der Waals surface area contributed by atoms with Gasteiger partial charge in [-0.25, -0.2) is 9.18 Å². The number of piperazine rings is 1. The molecule has 0 aromatic heterocycles. The highest BCUT2D eigenvalue weighted by molar-refractivity contribution is 6.10. The van der Waals surface area contributed by atoms with Gasteiger partial charge in [0.2, 0.25) is 11.4 Å². The monoisotopic (exact) mass is 464 g/mol. The van der Waals surface area contributed by atoms with Crippen molar-refractivity contribution in [2.75, 3.05) is 37.6 Å². The van der Waals surface area contributed by atoms with E-state index in [-0.39, 0.29) is 18.9 Å². The Bertz CT molecular complexity index is 1050. The van der Waals surface area contributed by atoms with Gasteiger partial charge in [-0.15, -0.1) is 0 Å². The Kier molecular flexibility index (Phi) is 5.73. The van der Waals surface area contributed by atoms with Crippen LogP contribution in [0.1, 0.15) is 5.56 Å². The van der Waals surface area contributed by atoms with Crippen molar-refractivity contribution in [3.8, 4) is 0 Å². The fourth-order valence-electron chi connectivity index (χ4n) is 4.06. The fourth-order valence-corrected chi connectivity index (χ4v) is 4.06. The molecule has 2 aromatic rings. The molecule has 0 spiro atoms. The number of imide groups is 1. The summed E-state index contributed by atoms with van der Waals surface area (Å²) in [5.74, 6) is -2.54. The van der Waals surface area contributed by atoms with Crippen molar-refractivity contribution < 1.29 is 31.9 Å². The molecule has 174 valence electrons. The number of amides is 4. The Balaban J connectivity index is 1.46. The molecular weight excluding hydrogens is 444 g/mol. The first kappa shape index (κ1) is 22.6. The minimum absolute atomic E-state index is 0.239. The second-order valence-corrected chi connectivity index (χ2v) is 7.78. The molecule has 2 aliphatic rings. The number of urea groups is 1. The maximum Gasteiger partial charge on any atom is 0.425 e. The van der Waals surface area contributed by atoms with Gasteiger partial charge in [-0.05, 0) is 29.8 Å². The smallest absolute Gasteiger partial charge is 0.368 e. The summed E-state index contributed by atoms with van der Waals surface area (Å²) < 4.78 is 55.2. The maximum absolute atomic E-state index is 14.0. The minimum atomic E-state index is -5.11. The average Bonchev–Trinajstić information content (AvgIpc) is 3.06. The molecule has 2 heterocycles. The molecule has 1 atom stereocenters. The molecular formula is C22H20F4N4O3. The molecule has 0 bridgehead atoms. The van der Waals surface area contributed by atoms with Gasteiger partial charge in [0.25, 0.3) is 5.91 Å². The molecule has 0 radical (unpaired) electrons. The van der Waals surface area contributed by atoms with Crippen molar-refractivity contribution in [1.82, 2.24) is 15.1 Å². The standard InChI is InChI=1S/C22H20F4N4O3/c23-16-6-8-17(9-7-16)28-10-12-29(13-11-28)18(31)14-30-19(32)21(22(24,25)26,27-20(30)33)15-4-2-1-3-5-15/h1-9H,10-14H2,(H,27,33). The summed E-state index contributed by atoms with van der Waals surface area (Å²) in [5.41, 5.74) is -2.90. The van der Waals surface area contributed by atoms with Crippen molar-refractivity contribution >= 4 is 23.5 Å². The van der Waals surface area contributed by atoms with E-state index in [0.29, 0.717) is 18.0 Å².